The summed E-state index contributed by atoms with van der Waals surface area (Å²) in [5.41, 5.74) is 4.30. The molecule has 5 heteroatoms. The highest BCUT2D eigenvalue weighted by Gasteiger charge is 2.45. The first-order valence-corrected chi connectivity index (χ1v) is 6.97. The number of allylic oxidation sites excluding steroid dienone is 1. The van der Waals surface area contributed by atoms with Crippen molar-refractivity contribution >= 4 is 0 Å². The van der Waals surface area contributed by atoms with E-state index in [0.717, 1.165) is 5.69 Å². The zero-order chi connectivity index (χ0) is 14.9. The monoisotopic (exact) mass is 290 g/mol. The van der Waals surface area contributed by atoms with Gasteiger partial charge in [0, 0.05) is 18.5 Å². The number of nitrogens with one attached hydrogen (secondary N) is 1. The molecule has 2 heterocycles. The Kier molecular flexibility index (Phi) is 3.42. The van der Waals surface area contributed by atoms with Gasteiger partial charge < -0.3 is 0 Å². The fourth-order valence-corrected chi connectivity index (χ4v) is 2.57. The number of alkyl halides is 2. The largest absolute Gasteiger partial charge is 0.265 e. The molecule has 2 aliphatic rings. The van der Waals surface area contributed by atoms with E-state index in [-0.39, 0.29) is 12.8 Å². The average molecular weight is 290 g/mol. The third kappa shape index (κ3) is 3.22. The van der Waals surface area contributed by atoms with Gasteiger partial charge >= 0.3 is 0 Å². The molecule has 0 saturated heterocycles. The van der Waals surface area contributed by atoms with Gasteiger partial charge in [-0.1, -0.05) is 6.07 Å². The lowest BCUT2D eigenvalue weighted by molar-refractivity contribution is -0.122. The molecule has 1 aromatic heterocycles. The van der Waals surface area contributed by atoms with E-state index in [1.165, 1.54) is 0 Å². The Hall–Kier alpha value is -1.93. The number of rotatable bonds is 0. The summed E-state index contributed by atoms with van der Waals surface area (Å²) in [7, 11) is 0. The van der Waals surface area contributed by atoms with Crippen molar-refractivity contribution in [1.82, 2.24) is 10.5 Å². The number of hydroxylamine groups is 1. The first-order valence-electron chi connectivity index (χ1n) is 6.97. The first-order chi connectivity index (χ1) is 9.96. The van der Waals surface area contributed by atoms with Crippen LogP contribution in [0.3, 0.4) is 0 Å². The van der Waals surface area contributed by atoms with Crippen LogP contribution in [-0.4, -0.2) is 16.5 Å². The van der Waals surface area contributed by atoms with Crippen molar-refractivity contribution in [2.75, 3.05) is 0 Å². The minimum Gasteiger partial charge on any atom is -0.265 e. The average Bonchev–Trinajstić information content (AvgIpc) is 2.85. The van der Waals surface area contributed by atoms with Gasteiger partial charge in [-0.2, -0.15) is 0 Å². The number of nitrogens with zero attached hydrogens (tertiary/aromatic N) is 1. The smallest absolute Gasteiger partial charge is 0.248 e. The van der Waals surface area contributed by atoms with E-state index in [1.54, 1.807) is 0 Å². The van der Waals surface area contributed by atoms with Crippen molar-refractivity contribution in [1.29, 1.82) is 0 Å². The number of aromatic nitrogens is 1. The van der Waals surface area contributed by atoms with Crippen molar-refractivity contribution in [2.24, 2.45) is 0 Å². The predicted molar refractivity (Wildman–Crippen MR) is 74.3 cm³/mol. The molecule has 0 bridgehead atoms. The van der Waals surface area contributed by atoms with Crippen molar-refractivity contribution in [3.63, 3.8) is 0 Å². The SMILES string of the molecule is Cc1cccc(C#CC2=CC3(CCC(F)(F)CC3)ON2)n1. The zero-order valence-electron chi connectivity index (χ0n) is 11.7. The third-order valence-electron chi connectivity index (χ3n) is 3.81. The third-order valence-corrected chi connectivity index (χ3v) is 3.81. The van der Waals surface area contributed by atoms with Crippen LogP contribution in [0.2, 0.25) is 0 Å². The molecule has 1 aliphatic carbocycles. The minimum absolute atomic E-state index is 0.147. The molecular weight excluding hydrogens is 274 g/mol. The maximum absolute atomic E-state index is 13.2. The van der Waals surface area contributed by atoms with Gasteiger partial charge in [0.25, 0.3) is 0 Å². The van der Waals surface area contributed by atoms with Crippen molar-refractivity contribution in [3.05, 3.63) is 41.4 Å². The van der Waals surface area contributed by atoms with Gasteiger partial charge in [0.05, 0.1) is 0 Å². The molecule has 1 aliphatic heterocycles. The second kappa shape index (κ2) is 5.12. The summed E-state index contributed by atoms with van der Waals surface area (Å²) in [6, 6.07) is 5.62. The topological polar surface area (TPSA) is 34.1 Å². The highest BCUT2D eigenvalue weighted by molar-refractivity contribution is 5.38. The van der Waals surface area contributed by atoms with E-state index >= 15 is 0 Å². The summed E-state index contributed by atoms with van der Waals surface area (Å²) in [4.78, 5) is 9.79. The first kappa shape index (κ1) is 14.0. The molecule has 1 fully saturated rings. The number of halogens is 2. The Labute approximate surface area is 122 Å². The molecule has 3 nitrogen and oxygen atoms in total. The summed E-state index contributed by atoms with van der Waals surface area (Å²) in [5, 5.41) is 0. The van der Waals surface area contributed by atoms with Crippen LogP contribution in [0.1, 0.15) is 37.1 Å². The van der Waals surface area contributed by atoms with Gasteiger partial charge in [0.2, 0.25) is 5.92 Å². The van der Waals surface area contributed by atoms with E-state index < -0.39 is 11.5 Å². The summed E-state index contributed by atoms with van der Waals surface area (Å²) >= 11 is 0. The van der Waals surface area contributed by atoms with Gasteiger partial charge in [-0.15, -0.1) is 0 Å². The molecule has 1 saturated carbocycles. The Bertz CT molecular complexity index is 633. The number of hydrogen-bond acceptors (Lipinski definition) is 3. The molecule has 0 aromatic carbocycles. The van der Waals surface area contributed by atoms with Crippen LogP contribution in [-0.2, 0) is 4.84 Å². The molecule has 1 aromatic rings. The zero-order valence-corrected chi connectivity index (χ0v) is 11.7. The van der Waals surface area contributed by atoms with E-state index in [9.17, 15) is 8.78 Å². The van der Waals surface area contributed by atoms with Crippen molar-refractivity contribution < 1.29 is 13.6 Å². The van der Waals surface area contributed by atoms with Gasteiger partial charge in [-0.25, -0.2) is 13.8 Å². The molecule has 3 rings (SSSR count). The van der Waals surface area contributed by atoms with E-state index in [2.05, 4.69) is 22.3 Å². The van der Waals surface area contributed by atoms with Crippen molar-refractivity contribution in [2.45, 2.75) is 44.1 Å². The standard InChI is InChI=1S/C16H16F2N2O/c1-12-3-2-4-13(19-12)5-6-14-11-15(21-20-14)7-9-16(17,18)10-8-15/h2-4,11,20H,7-10H2,1H3. The number of hydrogen-bond donors (Lipinski definition) is 1. The van der Waals surface area contributed by atoms with Gasteiger partial charge in [-0.3, -0.25) is 10.3 Å². The molecule has 0 unspecified atom stereocenters. The highest BCUT2D eigenvalue weighted by atomic mass is 19.3. The Morgan fingerprint density at radius 3 is 2.67 bits per heavy atom. The van der Waals surface area contributed by atoms with Crippen LogP contribution >= 0.6 is 0 Å². The minimum atomic E-state index is -2.57. The fourth-order valence-electron chi connectivity index (χ4n) is 2.57. The van der Waals surface area contributed by atoms with Crippen LogP contribution in [0.25, 0.3) is 0 Å². The fraction of sp³-hybridized carbons (Fsp3) is 0.438. The lowest BCUT2D eigenvalue weighted by Crippen LogP contribution is -2.38. The molecule has 110 valence electrons. The van der Waals surface area contributed by atoms with Crippen LogP contribution in [0.15, 0.2) is 30.0 Å². The van der Waals surface area contributed by atoms with Crippen LogP contribution in [0.5, 0.6) is 0 Å². The predicted octanol–water partition coefficient (Wildman–Crippen LogP) is 3.11. The molecular formula is C16H16F2N2O. The molecule has 1 spiro atoms. The van der Waals surface area contributed by atoms with Gasteiger partial charge in [0.1, 0.15) is 17.0 Å². The Morgan fingerprint density at radius 2 is 1.95 bits per heavy atom. The number of aryl methyl sites for hydroxylation is 1. The number of pyridine rings is 1. The van der Waals surface area contributed by atoms with Crippen LogP contribution in [0.4, 0.5) is 8.78 Å². The van der Waals surface area contributed by atoms with E-state index in [0.29, 0.717) is 24.2 Å². The van der Waals surface area contributed by atoms with Gasteiger partial charge in [0.15, 0.2) is 0 Å². The quantitative estimate of drug-likeness (QED) is 0.746. The van der Waals surface area contributed by atoms with E-state index in [1.807, 2.05) is 31.2 Å². The second-order valence-corrected chi connectivity index (χ2v) is 5.60. The lowest BCUT2D eigenvalue weighted by atomic mass is 9.82. The van der Waals surface area contributed by atoms with Crippen LogP contribution in [0, 0.1) is 18.8 Å². The molecule has 0 atom stereocenters. The Balaban J connectivity index is 1.73. The normalized spacial score (nSPS) is 22.1. The van der Waals surface area contributed by atoms with Crippen molar-refractivity contribution in [3.8, 4) is 11.8 Å². The maximum atomic E-state index is 13.2. The van der Waals surface area contributed by atoms with Gasteiger partial charge in [-0.05, 0) is 49.8 Å². The molecule has 1 N–H and O–H groups in total. The lowest BCUT2D eigenvalue weighted by Gasteiger charge is -2.33. The summed E-state index contributed by atoms with van der Waals surface area (Å²) in [6.07, 6.45) is 2.14. The maximum Gasteiger partial charge on any atom is 0.248 e. The molecule has 0 radical (unpaired) electrons. The second-order valence-electron chi connectivity index (χ2n) is 5.60. The summed E-state index contributed by atoms with van der Waals surface area (Å²) in [5.74, 6) is 3.32. The highest BCUT2D eigenvalue weighted by Crippen LogP contribution is 2.42. The molecule has 21 heavy (non-hydrogen) atoms. The summed E-state index contributed by atoms with van der Waals surface area (Å²) < 4.78 is 26.4. The molecule has 0 amide bonds. The van der Waals surface area contributed by atoms with Crippen LogP contribution < -0.4 is 5.48 Å². The van der Waals surface area contributed by atoms with E-state index in [4.69, 9.17) is 4.84 Å². The Morgan fingerprint density at radius 1 is 1.19 bits per heavy atom. The summed E-state index contributed by atoms with van der Waals surface area (Å²) in [6.45, 7) is 1.90.